The maximum absolute atomic E-state index is 11.5. The number of halogens is 1. The van der Waals surface area contributed by atoms with Crippen LogP contribution in [-0.4, -0.2) is 74.2 Å². The molecule has 1 fully saturated rings. The summed E-state index contributed by atoms with van der Waals surface area (Å²) in [5, 5.41) is 3.37. The molecule has 1 aromatic rings. The topological polar surface area (TPSA) is 66.4 Å². The van der Waals surface area contributed by atoms with Crippen LogP contribution in [0, 0.1) is 0 Å². The standard InChI is InChI=1S/C21H34N4O3.HI/c1-4-22-21(25-11-9-24(10-12-25)18(3)26)23-16-19-7-6-8-20(15-19)17-28-14-13-27-5-2;/h6-8,15H,4-5,9-14,16-17H2,1-3H3,(H,22,23);1H. The molecule has 164 valence electrons. The van der Waals surface area contributed by atoms with Crippen LogP contribution in [0.5, 0.6) is 0 Å². The normalized spacial score (nSPS) is 14.5. The molecule has 0 unspecified atom stereocenters. The molecular formula is C21H35IN4O3. The zero-order valence-corrected chi connectivity index (χ0v) is 20.2. The lowest BCUT2D eigenvalue weighted by Gasteiger charge is -2.36. The summed E-state index contributed by atoms with van der Waals surface area (Å²) in [6.07, 6.45) is 0. The number of guanidine groups is 1. The predicted molar refractivity (Wildman–Crippen MR) is 127 cm³/mol. The summed E-state index contributed by atoms with van der Waals surface area (Å²) < 4.78 is 10.9. The first-order chi connectivity index (χ1) is 13.6. The van der Waals surface area contributed by atoms with E-state index in [0.29, 0.717) is 26.4 Å². The average molecular weight is 518 g/mol. The van der Waals surface area contributed by atoms with Gasteiger partial charge in [0.25, 0.3) is 0 Å². The maximum Gasteiger partial charge on any atom is 0.219 e. The molecule has 0 bridgehead atoms. The van der Waals surface area contributed by atoms with Crippen molar-refractivity contribution in [2.24, 2.45) is 4.99 Å². The molecule has 1 aliphatic rings. The average Bonchev–Trinajstić information content (AvgIpc) is 2.71. The van der Waals surface area contributed by atoms with E-state index in [1.807, 2.05) is 17.9 Å². The Morgan fingerprint density at radius 2 is 1.72 bits per heavy atom. The highest BCUT2D eigenvalue weighted by molar-refractivity contribution is 14.0. The van der Waals surface area contributed by atoms with Crippen LogP contribution < -0.4 is 5.32 Å². The number of hydrogen-bond donors (Lipinski definition) is 1. The third-order valence-electron chi connectivity index (χ3n) is 4.61. The van der Waals surface area contributed by atoms with E-state index < -0.39 is 0 Å². The molecule has 1 heterocycles. The number of carbonyl (C=O) groups is 1. The van der Waals surface area contributed by atoms with Crippen LogP contribution in [0.3, 0.4) is 0 Å². The van der Waals surface area contributed by atoms with Crippen molar-refractivity contribution in [3.8, 4) is 0 Å². The van der Waals surface area contributed by atoms with E-state index >= 15 is 0 Å². The van der Waals surface area contributed by atoms with Gasteiger partial charge in [-0.2, -0.15) is 0 Å². The molecule has 1 amide bonds. The van der Waals surface area contributed by atoms with E-state index in [1.54, 1.807) is 6.92 Å². The van der Waals surface area contributed by atoms with Crippen molar-refractivity contribution in [2.75, 3.05) is 52.5 Å². The predicted octanol–water partition coefficient (Wildman–Crippen LogP) is 2.49. The number of nitrogens with zero attached hydrogens (tertiary/aromatic N) is 3. The van der Waals surface area contributed by atoms with Gasteiger partial charge in [0.1, 0.15) is 0 Å². The van der Waals surface area contributed by atoms with Crippen molar-refractivity contribution >= 4 is 35.8 Å². The molecule has 0 aliphatic carbocycles. The minimum Gasteiger partial charge on any atom is -0.379 e. The van der Waals surface area contributed by atoms with Crippen molar-refractivity contribution < 1.29 is 14.3 Å². The molecular weight excluding hydrogens is 483 g/mol. The van der Waals surface area contributed by atoms with Crippen molar-refractivity contribution in [3.05, 3.63) is 35.4 Å². The molecule has 1 saturated heterocycles. The minimum atomic E-state index is 0. The first-order valence-corrected chi connectivity index (χ1v) is 10.2. The van der Waals surface area contributed by atoms with Crippen LogP contribution in [0.4, 0.5) is 0 Å². The van der Waals surface area contributed by atoms with Crippen LogP contribution in [-0.2, 0) is 27.4 Å². The van der Waals surface area contributed by atoms with Crippen LogP contribution >= 0.6 is 24.0 Å². The summed E-state index contributed by atoms with van der Waals surface area (Å²) in [4.78, 5) is 20.4. The number of nitrogens with one attached hydrogen (secondary N) is 1. The third kappa shape index (κ3) is 9.31. The van der Waals surface area contributed by atoms with Crippen molar-refractivity contribution in [1.82, 2.24) is 15.1 Å². The molecule has 0 radical (unpaired) electrons. The highest BCUT2D eigenvalue weighted by atomic mass is 127. The van der Waals surface area contributed by atoms with Crippen molar-refractivity contribution in [1.29, 1.82) is 0 Å². The van der Waals surface area contributed by atoms with Gasteiger partial charge < -0.3 is 24.6 Å². The molecule has 0 spiro atoms. The Hall–Kier alpha value is -1.39. The molecule has 0 atom stereocenters. The fraction of sp³-hybridized carbons (Fsp3) is 0.619. The van der Waals surface area contributed by atoms with Gasteiger partial charge >= 0.3 is 0 Å². The van der Waals surface area contributed by atoms with E-state index in [1.165, 1.54) is 0 Å². The Labute approximate surface area is 191 Å². The number of hydrogen-bond acceptors (Lipinski definition) is 4. The molecule has 7 nitrogen and oxygen atoms in total. The summed E-state index contributed by atoms with van der Waals surface area (Å²) in [6, 6.07) is 8.34. The molecule has 8 heteroatoms. The molecule has 0 saturated carbocycles. The summed E-state index contributed by atoms with van der Waals surface area (Å²) in [7, 11) is 0. The van der Waals surface area contributed by atoms with Crippen molar-refractivity contribution in [2.45, 2.75) is 33.9 Å². The number of benzene rings is 1. The zero-order chi connectivity index (χ0) is 20.2. The molecule has 2 rings (SSSR count). The Morgan fingerprint density at radius 1 is 1.07 bits per heavy atom. The van der Waals surface area contributed by atoms with E-state index in [4.69, 9.17) is 14.5 Å². The lowest BCUT2D eigenvalue weighted by molar-refractivity contribution is -0.130. The van der Waals surface area contributed by atoms with Gasteiger partial charge in [-0.1, -0.05) is 24.3 Å². The molecule has 29 heavy (non-hydrogen) atoms. The molecule has 0 aromatic heterocycles. The van der Waals surface area contributed by atoms with Gasteiger partial charge in [-0.05, 0) is 25.0 Å². The summed E-state index contributed by atoms with van der Waals surface area (Å²) in [5.41, 5.74) is 2.30. The Balaban J connectivity index is 0.00000420. The second-order valence-corrected chi connectivity index (χ2v) is 6.73. The number of rotatable bonds is 9. The second kappa shape index (κ2) is 14.6. The number of amides is 1. The van der Waals surface area contributed by atoms with Crippen LogP contribution in [0.2, 0.25) is 0 Å². The zero-order valence-electron chi connectivity index (χ0n) is 17.9. The van der Waals surface area contributed by atoms with Gasteiger partial charge in [-0.3, -0.25) is 4.79 Å². The van der Waals surface area contributed by atoms with Gasteiger partial charge in [-0.15, -0.1) is 24.0 Å². The van der Waals surface area contributed by atoms with Gasteiger partial charge in [0.2, 0.25) is 5.91 Å². The molecule has 1 aliphatic heterocycles. The Kier molecular flexibility index (Phi) is 12.9. The lowest BCUT2D eigenvalue weighted by Crippen LogP contribution is -2.53. The summed E-state index contributed by atoms with van der Waals surface area (Å²) in [5.74, 6) is 1.05. The van der Waals surface area contributed by atoms with E-state index in [9.17, 15) is 4.79 Å². The van der Waals surface area contributed by atoms with Crippen LogP contribution in [0.25, 0.3) is 0 Å². The van der Waals surface area contributed by atoms with Gasteiger partial charge in [0, 0.05) is 46.3 Å². The quantitative estimate of drug-likeness (QED) is 0.236. The number of carbonyl (C=O) groups excluding carboxylic acids is 1. The third-order valence-corrected chi connectivity index (χ3v) is 4.61. The fourth-order valence-corrected chi connectivity index (χ4v) is 3.10. The minimum absolute atomic E-state index is 0. The first kappa shape index (κ1) is 25.6. The van der Waals surface area contributed by atoms with Gasteiger partial charge in [-0.25, -0.2) is 4.99 Å². The highest BCUT2D eigenvalue weighted by Crippen LogP contribution is 2.09. The maximum atomic E-state index is 11.5. The van der Waals surface area contributed by atoms with E-state index in [2.05, 4.69) is 35.3 Å². The van der Waals surface area contributed by atoms with Crippen molar-refractivity contribution in [3.63, 3.8) is 0 Å². The SMILES string of the molecule is CCNC(=NCc1cccc(COCCOCC)c1)N1CCN(C(C)=O)CC1.I. The van der Waals surface area contributed by atoms with Crippen LogP contribution in [0.15, 0.2) is 29.3 Å². The first-order valence-electron chi connectivity index (χ1n) is 10.2. The van der Waals surface area contributed by atoms with Gasteiger partial charge in [0.15, 0.2) is 5.96 Å². The van der Waals surface area contributed by atoms with Gasteiger partial charge in [0.05, 0.1) is 26.4 Å². The Morgan fingerprint density at radius 3 is 2.38 bits per heavy atom. The Bertz CT molecular complexity index is 634. The summed E-state index contributed by atoms with van der Waals surface area (Å²) in [6.45, 7) is 12.7. The number of ether oxygens (including phenoxy) is 2. The largest absolute Gasteiger partial charge is 0.379 e. The smallest absolute Gasteiger partial charge is 0.219 e. The number of piperazine rings is 1. The summed E-state index contributed by atoms with van der Waals surface area (Å²) >= 11 is 0. The van der Waals surface area contributed by atoms with E-state index in [-0.39, 0.29) is 29.9 Å². The van der Waals surface area contributed by atoms with E-state index in [0.717, 1.165) is 56.4 Å². The second-order valence-electron chi connectivity index (χ2n) is 6.73. The fourth-order valence-electron chi connectivity index (χ4n) is 3.10. The lowest BCUT2D eigenvalue weighted by atomic mass is 10.1. The molecule has 1 aromatic carbocycles. The monoisotopic (exact) mass is 518 g/mol. The number of aliphatic imine (C=N–C) groups is 1. The van der Waals surface area contributed by atoms with Crippen LogP contribution in [0.1, 0.15) is 31.9 Å². The highest BCUT2D eigenvalue weighted by Gasteiger charge is 2.20. The molecule has 1 N–H and O–H groups in total.